The van der Waals surface area contributed by atoms with E-state index in [1.54, 1.807) is 7.05 Å². The number of alkyl halides is 3. The summed E-state index contributed by atoms with van der Waals surface area (Å²) in [6, 6.07) is 1.82. The van der Waals surface area contributed by atoms with Gasteiger partial charge in [-0.05, 0) is 12.3 Å². The summed E-state index contributed by atoms with van der Waals surface area (Å²) in [5.74, 6) is 1.51. The highest BCUT2D eigenvalue weighted by Crippen LogP contribution is 2.20. The molecule has 1 aromatic rings. The van der Waals surface area contributed by atoms with E-state index in [4.69, 9.17) is 4.52 Å². The van der Waals surface area contributed by atoms with Crippen LogP contribution in [0.2, 0.25) is 0 Å². The van der Waals surface area contributed by atoms with Crippen molar-refractivity contribution in [2.75, 3.05) is 26.7 Å². The van der Waals surface area contributed by atoms with Gasteiger partial charge in [-0.3, -0.25) is 9.89 Å². The van der Waals surface area contributed by atoms with E-state index < -0.39 is 12.7 Å². The summed E-state index contributed by atoms with van der Waals surface area (Å²) in [5, 5.41) is 10.2. The average molecular weight is 475 g/mol. The molecule has 0 radical (unpaired) electrons. The van der Waals surface area contributed by atoms with Crippen molar-refractivity contribution >= 4 is 29.9 Å². The Morgan fingerprint density at radius 2 is 2.20 bits per heavy atom. The van der Waals surface area contributed by atoms with E-state index in [1.807, 2.05) is 19.9 Å². The van der Waals surface area contributed by atoms with Gasteiger partial charge in [0.2, 0.25) is 0 Å². The Hall–Kier alpha value is -1.04. The monoisotopic (exact) mass is 475 g/mol. The van der Waals surface area contributed by atoms with Crippen molar-refractivity contribution in [3.05, 3.63) is 17.5 Å². The summed E-state index contributed by atoms with van der Waals surface area (Å²) in [6.07, 6.45) is -3.51. The van der Waals surface area contributed by atoms with Crippen LogP contribution in [0.25, 0.3) is 0 Å². The smallest absolute Gasteiger partial charge is 0.359 e. The van der Waals surface area contributed by atoms with Crippen LogP contribution in [0.4, 0.5) is 13.2 Å². The minimum Gasteiger partial charge on any atom is -0.359 e. The van der Waals surface area contributed by atoms with Crippen molar-refractivity contribution in [3.8, 4) is 0 Å². The van der Waals surface area contributed by atoms with Crippen molar-refractivity contribution in [1.82, 2.24) is 20.7 Å². The lowest BCUT2D eigenvalue weighted by Gasteiger charge is -2.19. The molecule has 144 valence electrons. The number of hydrogen-bond acceptors (Lipinski definition) is 4. The zero-order chi connectivity index (χ0) is 17.7. The Kier molecular flexibility index (Phi) is 8.45. The number of guanidine groups is 1. The van der Waals surface area contributed by atoms with E-state index >= 15 is 0 Å². The van der Waals surface area contributed by atoms with E-state index in [9.17, 15) is 13.2 Å². The van der Waals surface area contributed by atoms with E-state index in [0.29, 0.717) is 37.8 Å². The minimum atomic E-state index is -4.16. The van der Waals surface area contributed by atoms with Gasteiger partial charge in [-0.2, -0.15) is 13.2 Å². The molecule has 2 heterocycles. The highest BCUT2D eigenvalue weighted by atomic mass is 127. The molecule has 6 nitrogen and oxygen atoms in total. The summed E-state index contributed by atoms with van der Waals surface area (Å²) < 4.78 is 42.5. The maximum Gasteiger partial charge on any atom is 0.401 e. The van der Waals surface area contributed by atoms with Gasteiger partial charge in [0, 0.05) is 32.2 Å². The van der Waals surface area contributed by atoms with Crippen LogP contribution in [0.3, 0.4) is 0 Å². The van der Waals surface area contributed by atoms with Gasteiger partial charge < -0.3 is 15.2 Å². The number of hydrogen-bond donors (Lipinski definition) is 2. The normalized spacial score (nSPS) is 19.2. The van der Waals surface area contributed by atoms with E-state index in [2.05, 4.69) is 20.8 Å². The van der Waals surface area contributed by atoms with Crippen LogP contribution in [0.15, 0.2) is 15.6 Å². The quantitative estimate of drug-likeness (QED) is 0.390. The van der Waals surface area contributed by atoms with Gasteiger partial charge in [0.25, 0.3) is 0 Å². The fourth-order valence-corrected chi connectivity index (χ4v) is 2.59. The molecule has 0 aromatic carbocycles. The Morgan fingerprint density at radius 1 is 1.48 bits per heavy atom. The zero-order valence-electron chi connectivity index (χ0n) is 14.6. The van der Waals surface area contributed by atoms with E-state index in [0.717, 1.165) is 5.69 Å². The van der Waals surface area contributed by atoms with Gasteiger partial charge in [0.15, 0.2) is 11.7 Å². The molecule has 0 bridgehead atoms. The summed E-state index contributed by atoms with van der Waals surface area (Å²) in [5.41, 5.74) is 0.883. The van der Waals surface area contributed by atoms with Crippen LogP contribution in [0, 0.1) is 0 Å². The fourth-order valence-electron chi connectivity index (χ4n) is 2.59. The Morgan fingerprint density at radius 3 is 2.76 bits per heavy atom. The highest BCUT2D eigenvalue weighted by molar-refractivity contribution is 14.0. The lowest BCUT2D eigenvalue weighted by atomic mass is 10.1. The average Bonchev–Trinajstić information content (AvgIpc) is 3.11. The largest absolute Gasteiger partial charge is 0.401 e. The van der Waals surface area contributed by atoms with Gasteiger partial charge in [-0.25, -0.2) is 0 Å². The molecule has 0 aliphatic carbocycles. The molecule has 1 atom stereocenters. The molecule has 1 aliphatic heterocycles. The molecule has 2 rings (SSSR count). The van der Waals surface area contributed by atoms with Crippen molar-refractivity contribution < 1.29 is 17.7 Å². The molecule has 1 fully saturated rings. The molecule has 1 aliphatic rings. The predicted molar refractivity (Wildman–Crippen MR) is 100 cm³/mol. The summed E-state index contributed by atoms with van der Waals surface area (Å²) >= 11 is 0. The van der Waals surface area contributed by atoms with Gasteiger partial charge in [0.1, 0.15) is 0 Å². The first-order valence-corrected chi connectivity index (χ1v) is 7.98. The third-order valence-electron chi connectivity index (χ3n) is 3.84. The zero-order valence-corrected chi connectivity index (χ0v) is 16.9. The number of rotatable bonds is 5. The molecule has 1 aromatic heterocycles. The number of halogens is 4. The van der Waals surface area contributed by atoms with E-state index in [-0.39, 0.29) is 35.9 Å². The molecule has 1 unspecified atom stereocenters. The molecule has 25 heavy (non-hydrogen) atoms. The van der Waals surface area contributed by atoms with Gasteiger partial charge in [-0.15, -0.1) is 24.0 Å². The van der Waals surface area contributed by atoms with Gasteiger partial charge in [-0.1, -0.05) is 19.0 Å². The number of aliphatic imine (C=N–C) groups is 1. The topological polar surface area (TPSA) is 65.7 Å². The van der Waals surface area contributed by atoms with E-state index in [1.165, 1.54) is 4.90 Å². The predicted octanol–water partition coefficient (Wildman–Crippen LogP) is 2.72. The Labute approximate surface area is 162 Å². The molecule has 0 amide bonds. The highest BCUT2D eigenvalue weighted by Gasteiger charge is 2.34. The fraction of sp³-hybridized carbons (Fsp3) is 0.733. The van der Waals surface area contributed by atoms with Crippen LogP contribution in [0.5, 0.6) is 0 Å². The van der Waals surface area contributed by atoms with Gasteiger partial charge >= 0.3 is 6.18 Å². The first-order chi connectivity index (χ1) is 11.3. The SMILES string of the molecule is CN=C(NCc1cc(C(C)C)no1)NC1CCN(CC(F)(F)F)C1.I. The van der Waals surface area contributed by atoms with Crippen molar-refractivity contribution in [2.45, 2.75) is 44.9 Å². The Bertz CT molecular complexity index is 562. The number of nitrogens with zero attached hydrogens (tertiary/aromatic N) is 3. The Balaban J connectivity index is 0.00000312. The first kappa shape index (κ1) is 22.0. The summed E-state index contributed by atoms with van der Waals surface area (Å²) in [6.45, 7) is 4.38. The molecule has 10 heteroatoms. The standard InChI is InChI=1S/C15H24F3N5O.HI/c1-10(2)13-6-12(24-22-13)7-20-14(19-3)21-11-4-5-23(8-11)9-15(16,17)18;/h6,10-11H,4-5,7-9H2,1-3H3,(H2,19,20,21);1H. The molecule has 2 N–H and O–H groups in total. The molecule has 0 spiro atoms. The second-order valence-corrected chi connectivity index (χ2v) is 6.28. The van der Waals surface area contributed by atoms with Crippen molar-refractivity contribution in [1.29, 1.82) is 0 Å². The molecule has 0 saturated carbocycles. The molecular weight excluding hydrogens is 450 g/mol. The third kappa shape index (κ3) is 7.38. The summed E-state index contributed by atoms with van der Waals surface area (Å²) in [7, 11) is 1.62. The number of likely N-dealkylation sites (tertiary alicyclic amines) is 1. The first-order valence-electron chi connectivity index (χ1n) is 7.98. The second kappa shape index (κ2) is 9.60. The third-order valence-corrected chi connectivity index (χ3v) is 3.84. The minimum absolute atomic E-state index is 0. The maximum atomic E-state index is 12.4. The van der Waals surface area contributed by atoms with Gasteiger partial charge in [0.05, 0.1) is 18.8 Å². The molecular formula is C15H25F3IN5O. The van der Waals surface area contributed by atoms with Crippen LogP contribution in [0.1, 0.15) is 37.6 Å². The van der Waals surface area contributed by atoms with Crippen LogP contribution >= 0.6 is 24.0 Å². The number of nitrogens with one attached hydrogen (secondary N) is 2. The summed E-state index contributed by atoms with van der Waals surface area (Å²) in [4.78, 5) is 5.50. The lowest BCUT2D eigenvalue weighted by Crippen LogP contribution is -2.44. The lowest BCUT2D eigenvalue weighted by molar-refractivity contribution is -0.143. The number of aromatic nitrogens is 1. The second-order valence-electron chi connectivity index (χ2n) is 6.28. The van der Waals surface area contributed by atoms with Crippen molar-refractivity contribution in [2.24, 2.45) is 4.99 Å². The van der Waals surface area contributed by atoms with Crippen LogP contribution in [-0.4, -0.2) is 54.9 Å². The molecule has 1 saturated heterocycles. The van der Waals surface area contributed by atoms with Crippen LogP contribution in [-0.2, 0) is 6.54 Å². The van der Waals surface area contributed by atoms with Crippen molar-refractivity contribution in [3.63, 3.8) is 0 Å². The maximum absolute atomic E-state index is 12.4. The van der Waals surface area contributed by atoms with Crippen LogP contribution < -0.4 is 10.6 Å².